The molecule has 4 rings (SSSR count). The van der Waals surface area contributed by atoms with E-state index in [4.69, 9.17) is 21.3 Å². The number of hydrogen-bond donors (Lipinski definition) is 2. The molecule has 0 aliphatic carbocycles. The Bertz CT molecular complexity index is 1380. The van der Waals surface area contributed by atoms with E-state index in [1.807, 2.05) is 35.8 Å². The molecule has 3 heterocycles. The highest BCUT2D eigenvalue weighted by Gasteiger charge is 2.32. The molecule has 2 N–H and O–H groups in total. The zero-order valence-corrected chi connectivity index (χ0v) is 23.6. The van der Waals surface area contributed by atoms with Crippen molar-refractivity contribution >= 4 is 47.2 Å². The number of carbonyl (C=O) groups is 2. The zero-order chi connectivity index (χ0) is 27.9. The Morgan fingerprint density at radius 1 is 1.10 bits per heavy atom. The van der Waals surface area contributed by atoms with Crippen LogP contribution in [0, 0.1) is 20.8 Å². The number of aromatic nitrogens is 3. The lowest BCUT2D eigenvalue weighted by Gasteiger charge is -2.13. The number of nitrogens with one attached hydrogen (secondary N) is 2. The Kier molecular flexibility index (Phi) is 9.44. The average molecular weight is 572 g/mol. The maximum Gasteiger partial charge on any atom is 0.260 e. The summed E-state index contributed by atoms with van der Waals surface area (Å²) in [6.07, 6.45) is 0.0928. The third-order valence-corrected chi connectivity index (χ3v) is 7.60. The van der Waals surface area contributed by atoms with Gasteiger partial charge in [0.1, 0.15) is 16.9 Å². The van der Waals surface area contributed by atoms with E-state index in [2.05, 4.69) is 51.4 Å². The van der Waals surface area contributed by atoms with Crippen molar-refractivity contribution in [3.63, 3.8) is 0 Å². The lowest BCUT2D eigenvalue weighted by Crippen LogP contribution is -2.32. The van der Waals surface area contributed by atoms with Crippen molar-refractivity contribution in [2.24, 2.45) is 10.1 Å². The summed E-state index contributed by atoms with van der Waals surface area (Å²) in [5.74, 6) is 0.856. The molecule has 2 aromatic heterocycles. The van der Waals surface area contributed by atoms with Crippen molar-refractivity contribution in [2.45, 2.75) is 33.2 Å². The van der Waals surface area contributed by atoms with E-state index >= 15 is 0 Å². The Morgan fingerprint density at radius 2 is 1.79 bits per heavy atom. The first-order valence-corrected chi connectivity index (χ1v) is 13.5. The molecule has 0 saturated carbocycles. The maximum absolute atomic E-state index is 12.9. The van der Waals surface area contributed by atoms with Crippen molar-refractivity contribution in [3.05, 3.63) is 62.5 Å². The minimum atomic E-state index is -0.542. The molecule has 2 amide bonds. The van der Waals surface area contributed by atoms with Crippen molar-refractivity contribution < 1.29 is 19.2 Å². The summed E-state index contributed by atoms with van der Waals surface area (Å²) in [7, 11) is 0. The molecular weight excluding hydrogens is 542 g/mol. The number of rotatable bonds is 12. The largest absolute Gasteiger partial charge is 0.386 e. The summed E-state index contributed by atoms with van der Waals surface area (Å²) in [4.78, 5) is 35.2. The molecule has 1 aromatic carbocycles. The second-order valence-corrected chi connectivity index (χ2v) is 10.5. The first kappa shape index (κ1) is 28.4. The number of aryl methyl sites for hydroxylation is 2. The number of halogens is 1. The fourth-order valence-corrected chi connectivity index (χ4v) is 5.50. The number of oxime groups is 1. The topological polar surface area (TPSA) is 132 Å². The average Bonchev–Trinajstić information content (AvgIpc) is 3.39. The van der Waals surface area contributed by atoms with Gasteiger partial charge in [0.15, 0.2) is 12.4 Å². The van der Waals surface area contributed by atoms with Gasteiger partial charge in [-0.05, 0) is 38.5 Å². The van der Waals surface area contributed by atoms with E-state index in [0.717, 1.165) is 33.2 Å². The number of thiophene rings is 1. The number of hydrogen-bond acceptors (Lipinski definition) is 9. The lowest BCUT2D eigenvalue weighted by molar-refractivity contribution is -0.125. The summed E-state index contributed by atoms with van der Waals surface area (Å²) in [6, 6.07) is 7.01. The molecule has 0 unspecified atom stereocenters. The van der Waals surface area contributed by atoms with Crippen LogP contribution in [-0.4, -0.2) is 71.9 Å². The van der Waals surface area contributed by atoms with Crippen molar-refractivity contribution in [1.82, 2.24) is 25.4 Å². The molecule has 1 aliphatic heterocycles. The van der Waals surface area contributed by atoms with Gasteiger partial charge in [0.2, 0.25) is 5.91 Å². The lowest BCUT2D eigenvalue weighted by atomic mass is 9.99. The summed E-state index contributed by atoms with van der Waals surface area (Å²) < 4.78 is 7.49. The van der Waals surface area contributed by atoms with Gasteiger partial charge in [-0.3, -0.25) is 19.1 Å². The number of aliphatic imine (C=N–C) groups is 1. The summed E-state index contributed by atoms with van der Waals surface area (Å²) in [5.41, 5.74) is 3.85. The molecule has 0 fully saturated rings. The number of amides is 2. The van der Waals surface area contributed by atoms with Gasteiger partial charge in [0, 0.05) is 40.8 Å². The second kappa shape index (κ2) is 13.0. The Labute approximate surface area is 235 Å². The van der Waals surface area contributed by atoms with Crippen molar-refractivity contribution in [2.75, 3.05) is 32.9 Å². The van der Waals surface area contributed by atoms with Crippen LogP contribution >= 0.6 is 22.9 Å². The van der Waals surface area contributed by atoms with Crippen LogP contribution in [0.25, 0.3) is 5.00 Å². The normalized spacial score (nSPS) is 14.1. The Hall–Kier alpha value is -3.61. The molecule has 11 nitrogen and oxygen atoms in total. The minimum absolute atomic E-state index is 0.0928. The predicted molar refractivity (Wildman–Crippen MR) is 150 cm³/mol. The number of carbonyl (C=O) groups excluding carboxylic acids is 2. The van der Waals surface area contributed by atoms with Gasteiger partial charge in [0.25, 0.3) is 5.91 Å². The molecule has 0 spiro atoms. The molecule has 0 bridgehead atoms. The molecule has 1 aliphatic rings. The zero-order valence-electron chi connectivity index (χ0n) is 22.0. The maximum atomic E-state index is 12.9. The fraction of sp³-hybridized carbons (Fsp3) is 0.385. The van der Waals surface area contributed by atoms with Gasteiger partial charge in [-0.1, -0.05) is 23.7 Å². The van der Waals surface area contributed by atoms with Crippen LogP contribution in [0.15, 0.2) is 34.4 Å². The third-order valence-electron chi connectivity index (χ3n) is 6.16. The molecule has 0 saturated heterocycles. The highest BCUT2D eigenvalue weighted by molar-refractivity contribution is 7.15. The van der Waals surface area contributed by atoms with Gasteiger partial charge in [-0.25, -0.2) is 0 Å². The van der Waals surface area contributed by atoms with E-state index in [-0.39, 0.29) is 24.8 Å². The molecule has 3 aromatic rings. The predicted octanol–water partition coefficient (Wildman–Crippen LogP) is 3.07. The number of fused-ring (bicyclic) bond motifs is 3. The van der Waals surface area contributed by atoms with Gasteiger partial charge < -0.3 is 20.2 Å². The number of nitrogens with zero attached hydrogens (tertiary/aromatic N) is 5. The summed E-state index contributed by atoms with van der Waals surface area (Å²) >= 11 is 7.82. The van der Waals surface area contributed by atoms with E-state index < -0.39 is 6.04 Å². The first-order chi connectivity index (χ1) is 18.8. The number of benzene rings is 1. The van der Waals surface area contributed by atoms with Crippen molar-refractivity contribution in [1.29, 1.82) is 0 Å². The standard InChI is InChI=1S/C26H30ClN7O4S/c1-15-16(2)39-26-23(15)24(18-5-7-19(27)8-6-18)31-20(25-33-32-17(3)34(25)26)13-21(35)29-9-11-37-12-10-30-22(36)14-38-28-4/h5-8,20H,4,9-14H2,1-3H3,(H,29,35)(H,30,36)/t20-/m0/s1. The minimum Gasteiger partial charge on any atom is -0.386 e. The smallest absolute Gasteiger partial charge is 0.260 e. The molecule has 39 heavy (non-hydrogen) atoms. The van der Waals surface area contributed by atoms with E-state index in [0.29, 0.717) is 37.2 Å². The van der Waals surface area contributed by atoms with Crippen LogP contribution in [0.5, 0.6) is 0 Å². The molecule has 206 valence electrons. The molecule has 0 radical (unpaired) electrons. The SMILES string of the molecule is C=NOCC(=O)NCCOCCNC(=O)C[C@@H]1N=C(c2ccc(Cl)cc2)c2c(sc(C)c2C)-n2c(C)nnc21. The van der Waals surface area contributed by atoms with E-state index in [1.54, 1.807) is 11.3 Å². The van der Waals surface area contributed by atoms with E-state index in [9.17, 15) is 9.59 Å². The first-order valence-electron chi connectivity index (χ1n) is 12.4. The number of ether oxygens (including phenoxy) is 1. The van der Waals surface area contributed by atoms with Gasteiger partial charge in [0.05, 0.1) is 25.3 Å². The van der Waals surface area contributed by atoms with Crippen LogP contribution < -0.4 is 10.6 Å². The fourth-order valence-electron chi connectivity index (χ4n) is 4.16. The highest BCUT2D eigenvalue weighted by Crippen LogP contribution is 2.39. The molecule has 13 heteroatoms. The van der Waals surface area contributed by atoms with Crippen LogP contribution in [0.2, 0.25) is 5.02 Å². The van der Waals surface area contributed by atoms with Crippen LogP contribution in [0.1, 0.15) is 45.7 Å². The van der Waals surface area contributed by atoms with Crippen molar-refractivity contribution in [3.8, 4) is 5.00 Å². The third kappa shape index (κ3) is 6.70. The highest BCUT2D eigenvalue weighted by atomic mass is 35.5. The summed E-state index contributed by atoms with van der Waals surface area (Å²) in [5, 5.41) is 19.0. The van der Waals surface area contributed by atoms with Gasteiger partial charge in [-0.2, -0.15) is 0 Å². The monoisotopic (exact) mass is 571 g/mol. The van der Waals surface area contributed by atoms with Gasteiger partial charge in [-0.15, -0.1) is 26.7 Å². The summed E-state index contributed by atoms with van der Waals surface area (Å²) in [6.45, 7) is 10.2. The Balaban J connectivity index is 1.45. The quantitative estimate of drug-likeness (QED) is 0.195. The van der Waals surface area contributed by atoms with Crippen LogP contribution in [0.4, 0.5) is 0 Å². The second-order valence-electron chi connectivity index (χ2n) is 8.82. The van der Waals surface area contributed by atoms with Crippen LogP contribution in [0.3, 0.4) is 0 Å². The van der Waals surface area contributed by atoms with Crippen LogP contribution in [-0.2, 0) is 19.2 Å². The van der Waals surface area contributed by atoms with Gasteiger partial charge >= 0.3 is 0 Å². The van der Waals surface area contributed by atoms with E-state index in [1.165, 1.54) is 4.88 Å². The molecular formula is C26H30ClN7O4S. The Morgan fingerprint density at radius 3 is 2.49 bits per heavy atom. The molecule has 1 atom stereocenters.